The van der Waals surface area contributed by atoms with Crippen LogP contribution in [0.15, 0.2) is 36.4 Å². The van der Waals surface area contributed by atoms with Crippen LogP contribution in [0.2, 0.25) is 5.02 Å². The van der Waals surface area contributed by atoms with E-state index in [0.717, 1.165) is 16.7 Å². The van der Waals surface area contributed by atoms with E-state index in [2.05, 4.69) is 13.8 Å². The predicted octanol–water partition coefficient (Wildman–Crippen LogP) is 4.35. The number of benzene rings is 2. The van der Waals surface area contributed by atoms with E-state index in [9.17, 15) is 5.11 Å². The Morgan fingerprint density at radius 3 is 2.39 bits per heavy atom. The molecule has 2 heteroatoms. The fourth-order valence-corrected chi connectivity index (χ4v) is 2.22. The summed E-state index contributed by atoms with van der Waals surface area (Å²) < 4.78 is 0. The highest BCUT2D eigenvalue weighted by molar-refractivity contribution is 6.31. The fraction of sp³-hybridized carbons (Fsp3) is 0.250. The zero-order chi connectivity index (χ0) is 13.3. The van der Waals surface area contributed by atoms with E-state index in [1.807, 2.05) is 43.3 Å². The van der Waals surface area contributed by atoms with Crippen LogP contribution < -0.4 is 0 Å². The third kappa shape index (κ3) is 2.43. The second-order valence-electron chi connectivity index (χ2n) is 4.70. The van der Waals surface area contributed by atoms with Crippen molar-refractivity contribution in [1.82, 2.24) is 0 Å². The second-order valence-corrected chi connectivity index (χ2v) is 5.11. The number of hydrogen-bond donors (Lipinski definition) is 1. The normalized spacial score (nSPS) is 12.5. The van der Waals surface area contributed by atoms with Gasteiger partial charge in [0.1, 0.15) is 6.10 Å². The monoisotopic (exact) mass is 260 g/mol. The van der Waals surface area contributed by atoms with Gasteiger partial charge < -0.3 is 5.11 Å². The van der Waals surface area contributed by atoms with Gasteiger partial charge >= 0.3 is 0 Å². The van der Waals surface area contributed by atoms with Crippen LogP contribution in [0.5, 0.6) is 0 Å². The van der Waals surface area contributed by atoms with E-state index in [-0.39, 0.29) is 0 Å². The summed E-state index contributed by atoms with van der Waals surface area (Å²) in [4.78, 5) is 0. The van der Waals surface area contributed by atoms with Gasteiger partial charge in [0.15, 0.2) is 0 Å². The number of aryl methyl sites for hydroxylation is 2. The average Bonchev–Trinajstić information content (AvgIpc) is 2.35. The maximum Gasteiger partial charge on any atom is 0.104 e. The van der Waals surface area contributed by atoms with Crippen molar-refractivity contribution in [1.29, 1.82) is 0 Å². The highest BCUT2D eigenvalue weighted by atomic mass is 35.5. The Kier molecular flexibility index (Phi) is 3.74. The van der Waals surface area contributed by atoms with Crippen LogP contribution in [-0.2, 0) is 0 Å². The maximum absolute atomic E-state index is 10.5. The van der Waals surface area contributed by atoms with E-state index >= 15 is 0 Å². The zero-order valence-electron chi connectivity index (χ0n) is 10.9. The summed E-state index contributed by atoms with van der Waals surface area (Å²) in [7, 11) is 0. The highest BCUT2D eigenvalue weighted by Crippen LogP contribution is 2.29. The molecule has 0 aromatic heterocycles. The Labute approximate surface area is 113 Å². The summed E-state index contributed by atoms with van der Waals surface area (Å²) in [6.07, 6.45) is -0.622. The molecule has 0 spiro atoms. The Bertz CT molecular complexity index is 575. The lowest BCUT2D eigenvalue weighted by molar-refractivity contribution is 0.219. The van der Waals surface area contributed by atoms with E-state index in [0.29, 0.717) is 5.02 Å². The summed E-state index contributed by atoms with van der Waals surface area (Å²) in [5.74, 6) is 0. The van der Waals surface area contributed by atoms with E-state index in [4.69, 9.17) is 11.6 Å². The second kappa shape index (κ2) is 5.13. The number of halogens is 1. The molecule has 0 fully saturated rings. The average molecular weight is 261 g/mol. The molecule has 0 saturated carbocycles. The van der Waals surface area contributed by atoms with Gasteiger partial charge in [0, 0.05) is 5.02 Å². The highest BCUT2D eigenvalue weighted by Gasteiger charge is 2.14. The van der Waals surface area contributed by atoms with Crippen molar-refractivity contribution in [2.45, 2.75) is 26.9 Å². The van der Waals surface area contributed by atoms with Crippen molar-refractivity contribution in [2.24, 2.45) is 0 Å². The van der Waals surface area contributed by atoms with Crippen LogP contribution in [0.3, 0.4) is 0 Å². The first-order valence-electron chi connectivity index (χ1n) is 6.01. The van der Waals surface area contributed by atoms with Gasteiger partial charge in [-0.2, -0.15) is 0 Å². The smallest absolute Gasteiger partial charge is 0.104 e. The third-order valence-electron chi connectivity index (χ3n) is 3.45. The Morgan fingerprint density at radius 2 is 1.72 bits per heavy atom. The molecular weight excluding hydrogens is 244 g/mol. The van der Waals surface area contributed by atoms with Crippen LogP contribution in [-0.4, -0.2) is 5.11 Å². The molecule has 0 aliphatic rings. The van der Waals surface area contributed by atoms with Gasteiger partial charge in [-0.1, -0.05) is 41.9 Å². The first kappa shape index (κ1) is 13.1. The molecule has 0 aliphatic heterocycles. The first-order chi connectivity index (χ1) is 8.50. The van der Waals surface area contributed by atoms with E-state index in [1.165, 1.54) is 11.1 Å². The van der Waals surface area contributed by atoms with Gasteiger partial charge in [-0.15, -0.1) is 0 Å². The van der Waals surface area contributed by atoms with Crippen molar-refractivity contribution in [3.8, 4) is 0 Å². The summed E-state index contributed by atoms with van der Waals surface area (Å²) in [5, 5.41) is 11.1. The van der Waals surface area contributed by atoms with Crippen LogP contribution >= 0.6 is 11.6 Å². The third-order valence-corrected chi connectivity index (χ3v) is 3.86. The number of hydrogen-bond acceptors (Lipinski definition) is 1. The fourth-order valence-electron chi connectivity index (χ4n) is 2.03. The zero-order valence-corrected chi connectivity index (χ0v) is 11.6. The molecule has 0 saturated heterocycles. The molecule has 94 valence electrons. The van der Waals surface area contributed by atoms with Crippen molar-refractivity contribution in [3.05, 3.63) is 69.2 Å². The molecule has 1 atom stereocenters. The Hall–Kier alpha value is -1.31. The van der Waals surface area contributed by atoms with Crippen molar-refractivity contribution in [2.75, 3.05) is 0 Å². The van der Waals surface area contributed by atoms with Crippen LogP contribution in [0.4, 0.5) is 0 Å². The minimum atomic E-state index is -0.622. The predicted molar refractivity (Wildman–Crippen MR) is 76.2 cm³/mol. The van der Waals surface area contributed by atoms with Gasteiger partial charge in [-0.3, -0.25) is 0 Å². The lowest BCUT2D eigenvalue weighted by Gasteiger charge is -2.16. The van der Waals surface area contributed by atoms with Crippen molar-refractivity contribution in [3.63, 3.8) is 0 Å². The molecule has 1 nitrogen and oxygen atoms in total. The molecule has 2 rings (SSSR count). The van der Waals surface area contributed by atoms with E-state index < -0.39 is 6.10 Å². The van der Waals surface area contributed by atoms with Gasteiger partial charge in [0.2, 0.25) is 0 Å². The molecule has 1 unspecified atom stereocenters. The topological polar surface area (TPSA) is 20.2 Å². The SMILES string of the molecule is Cc1ccc(C(O)c2cccc(Cl)c2C)cc1C. The van der Waals surface area contributed by atoms with Crippen molar-refractivity contribution < 1.29 is 5.11 Å². The lowest BCUT2D eigenvalue weighted by Crippen LogP contribution is -2.03. The lowest BCUT2D eigenvalue weighted by atomic mass is 9.95. The van der Waals surface area contributed by atoms with Crippen molar-refractivity contribution >= 4 is 11.6 Å². The number of rotatable bonds is 2. The summed E-state index contributed by atoms with van der Waals surface area (Å²) in [6.45, 7) is 6.05. The summed E-state index contributed by atoms with van der Waals surface area (Å²) in [5.41, 5.74) is 5.12. The maximum atomic E-state index is 10.5. The summed E-state index contributed by atoms with van der Waals surface area (Å²) in [6, 6.07) is 11.7. The molecule has 1 N–H and O–H groups in total. The van der Waals surface area contributed by atoms with Crippen LogP contribution in [0.25, 0.3) is 0 Å². The minimum absolute atomic E-state index is 0.622. The Balaban J connectivity index is 2.44. The van der Waals surface area contributed by atoms with Gasteiger partial charge in [-0.25, -0.2) is 0 Å². The van der Waals surface area contributed by atoms with Gasteiger partial charge in [0.05, 0.1) is 0 Å². The molecule has 0 amide bonds. The van der Waals surface area contributed by atoms with E-state index in [1.54, 1.807) is 0 Å². The Morgan fingerprint density at radius 1 is 1.00 bits per heavy atom. The molecule has 2 aromatic rings. The first-order valence-corrected chi connectivity index (χ1v) is 6.38. The molecular formula is C16H17ClO. The standard InChI is InChI=1S/C16H17ClO/c1-10-7-8-13(9-11(10)2)16(18)14-5-4-6-15(17)12(14)3/h4-9,16,18H,1-3H3. The number of aliphatic hydroxyl groups is 1. The van der Waals surface area contributed by atoms with Gasteiger partial charge in [0.25, 0.3) is 0 Å². The molecule has 0 aliphatic carbocycles. The van der Waals surface area contributed by atoms with Gasteiger partial charge in [-0.05, 0) is 54.7 Å². The molecule has 0 heterocycles. The number of aliphatic hydroxyl groups excluding tert-OH is 1. The van der Waals surface area contributed by atoms with Crippen LogP contribution in [0.1, 0.15) is 33.9 Å². The molecule has 18 heavy (non-hydrogen) atoms. The molecule has 0 bridgehead atoms. The largest absolute Gasteiger partial charge is 0.384 e. The summed E-state index contributed by atoms with van der Waals surface area (Å²) >= 11 is 6.09. The molecule has 0 radical (unpaired) electrons. The molecule has 2 aromatic carbocycles. The quantitative estimate of drug-likeness (QED) is 0.851. The van der Waals surface area contributed by atoms with Crippen LogP contribution in [0, 0.1) is 20.8 Å². The minimum Gasteiger partial charge on any atom is -0.384 e.